The van der Waals surface area contributed by atoms with Crippen molar-refractivity contribution in [2.75, 3.05) is 5.73 Å². The molecule has 3 nitrogen and oxygen atoms in total. The van der Waals surface area contributed by atoms with Gasteiger partial charge in [0.25, 0.3) is 0 Å². The van der Waals surface area contributed by atoms with Gasteiger partial charge in [0.2, 0.25) is 5.95 Å². The van der Waals surface area contributed by atoms with E-state index < -0.39 is 0 Å². The highest BCUT2D eigenvalue weighted by atomic mass is 35.5. The summed E-state index contributed by atoms with van der Waals surface area (Å²) in [7, 11) is 0. The average Bonchev–Trinajstić information content (AvgIpc) is 2.69. The normalized spacial score (nSPS) is 13.0. The molecule has 0 radical (unpaired) electrons. The zero-order chi connectivity index (χ0) is 13.8. The van der Waals surface area contributed by atoms with Gasteiger partial charge in [0.15, 0.2) is 0 Å². The standard InChI is InChI=1S/C15H22ClN3/c1-3-5-7-12(6-4-2)19-14-9-8-11(16)10-13(14)18-15(19)17/h8-10,12H,3-7H2,1-2H3,(H2,17,18). The fourth-order valence-corrected chi connectivity index (χ4v) is 2.82. The van der Waals surface area contributed by atoms with E-state index >= 15 is 0 Å². The molecule has 0 aliphatic heterocycles. The lowest BCUT2D eigenvalue weighted by atomic mass is 10.0. The number of rotatable bonds is 6. The van der Waals surface area contributed by atoms with Gasteiger partial charge in [-0.05, 0) is 31.0 Å². The Kier molecular flexibility index (Phi) is 4.70. The number of halogens is 1. The van der Waals surface area contributed by atoms with Crippen LogP contribution < -0.4 is 5.73 Å². The summed E-state index contributed by atoms with van der Waals surface area (Å²) in [6.45, 7) is 4.43. The van der Waals surface area contributed by atoms with E-state index in [1.807, 2.05) is 18.2 Å². The molecule has 0 bridgehead atoms. The summed E-state index contributed by atoms with van der Waals surface area (Å²) < 4.78 is 2.19. The van der Waals surface area contributed by atoms with Gasteiger partial charge in [0, 0.05) is 11.1 Å². The molecule has 1 aromatic carbocycles. The number of nitrogens with zero attached hydrogens (tertiary/aromatic N) is 2. The number of hydrogen-bond acceptors (Lipinski definition) is 2. The molecule has 0 saturated heterocycles. The Morgan fingerprint density at radius 3 is 2.74 bits per heavy atom. The predicted octanol–water partition coefficient (Wildman–Crippen LogP) is 4.80. The largest absolute Gasteiger partial charge is 0.369 e. The first-order chi connectivity index (χ1) is 9.17. The number of fused-ring (bicyclic) bond motifs is 1. The molecule has 0 aliphatic carbocycles. The lowest BCUT2D eigenvalue weighted by molar-refractivity contribution is 0.430. The Bertz CT molecular complexity index is 548. The summed E-state index contributed by atoms with van der Waals surface area (Å²) in [5, 5.41) is 0.706. The third kappa shape index (κ3) is 3.03. The van der Waals surface area contributed by atoms with E-state index in [4.69, 9.17) is 17.3 Å². The van der Waals surface area contributed by atoms with Crippen LogP contribution >= 0.6 is 11.6 Å². The molecule has 19 heavy (non-hydrogen) atoms. The van der Waals surface area contributed by atoms with Gasteiger partial charge in [-0.2, -0.15) is 0 Å². The Labute approximate surface area is 119 Å². The van der Waals surface area contributed by atoms with Gasteiger partial charge in [0.1, 0.15) is 0 Å². The molecule has 0 saturated carbocycles. The Morgan fingerprint density at radius 1 is 1.26 bits per heavy atom. The zero-order valence-corrected chi connectivity index (χ0v) is 12.5. The summed E-state index contributed by atoms with van der Waals surface area (Å²) in [4.78, 5) is 4.44. The van der Waals surface area contributed by atoms with Crippen LogP contribution in [0.25, 0.3) is 11.0 Å². The molecule has 0 amide bonds. The summed E-state index contributed by atoms with van der Waals surface area (Å²) in [6.07, 6.45) is 5.87. The molecular weight excluding hydrogens is 258 g/mol. The average molecular weight is 280 g/mol. The van der Waals surface area contributed by atoms with Crippen LogP contribution in [0, 0.1) is 0 Å². The van der Waals surface area contributed by atoms with E-state index in [1.165, 1.54) is 12.8 Å². The zero-order valence-electron chi connectivity index (χ0n) is 11.7. The van der Waals surface area contributed by atoms with E-state index in [-0.39, 0.29) is 0 Å². The molecule has 2 aromatic rings. The minimum absolute atomic E-state index is 0.441. The number of anilines is 1. The van der Waals surface area contributed by atoms with Gasteiger partial charge in [-0.15, -0.1) is 0 Å². The van der Waals surface area contributed by atoms with Gasteiger partial charge in [0.05, 0.1) is 11.0 Å². The highest BCUT2D eigenvalue weighted by Gasteiger charge is 2.16. The van der Waals surface area contributed by atoms with Crippen LogP contribution in [0.1, 0.15) is 52.0 Å². The summed E-state index contributed by atoms with van der Waals surface area (Å²) in [6, 6.07) is 6.25. The predicted molar refractivity (Wildman–Crippen MR) is 82.6 cm³/mol. The van der Waals surface area contributed by atoms with Crippen LogP contribution in [0.4, 0.5) is 5.95 Å². The van der Waals surface area contributed by atoms with E-state index in [2.05, 4.69) is 23.4 Å². The number of aromatic nitrogens is 2. The fourth-order valence-electron chi connectivity index (χ4n) is 2.65. The molecular formula is C15H22ClN3. The van der Waals surface area contributed by atoms with Gasteiger partial charge >= 0.3 is 0 Å². The van der Waals surface area contributed by atoms with Crippen molar-refractivity contribution >= 4 is 28.6 Å². The second-order valence-electron chi connectivity index (χ2n) is 5.06. The van der Waals surface area contributed by atoms with E-state index in [0.717, 1.165) is 30.3 Å². The first kappa shape index (κ1) is 14.2. The van der Waals surface area contributed by atoms with Gasteiger partial charge in [-0.3, -0.25) is 0 Å². The third-order valence-corrected chi connectivity index (χ3v) is 3.79. The van der Waals surface area contributed by atoms with Crippen molar-refractivity contribution in [3.8, 4) is 0 Å². The van der Waals surface area contributed by atoms with Gasteiger partial charge in [-0.1, -0.05) is 44.7 Å². The van der Waals surface area contributed by atoms with Crippen LogP contribution in [-0.4, -0.2) is 9.55 Å². The number of nitrogens with two attached hydrogens (primary N) is 1. The highest BCUT2D eigenvalue weighted by Crippen LogP contribution is 2.30. The van der Waals surface area contributed by atoms with E-state index in [0.29, 0.717) is 17.0 Å². The molecule has 1 aromatic heterocycles. The van der Waals surface area contributed by atoms with Gasteiger partial charge < -0.3 is 10.3 Å². The summed E-state index contributed by atoms with van der Waals surface area (Å²) >= 11 is 6.01. The molecule has 2 N–H and O–H groups in total. The van der Waals surface area contributed by atoms with Crippen molar-refractivity contribution in [1.82, 2.24) is 9.55 Å². The first-order valence-corrected chi connectivity index (χ1v) is 7.48. The molecule has 0 aliphatic rings. The van der Waals surface area contributed by atoms with Crippen molar-refractivity contribution in [2.24, 2.45) is 0 Å². The quantitative estimate of drug-likeness (QED) is 0.825. The highest BCUT2D eigenvalue weighted by molar-refractivity contribution is 6.31. The molecule has 1 heterocycles. The van der Waals surface area contributed by atoms with E-state index in [9.17, 15) is 0 Å². The molecule has 0 fully saturated rings. The maximum Gasteiger partial charge on any atom is 0.201 e. The minimum Gasteiger partial charge on any atom is -0.369 e. The van der Waals surface area contributed by atoms with Crippen molar-refractivity contribution in [2.45, 2.75) is 52.0 Å². The van der Waals surface area contributed by atoms with Crippen molar-refractivity contribution in [3.05, 3.63) is 23.2 Å². The van der Waals surface area contributed by atoms with Crippen molar-refractivity contribution in [1.29, 1.82) is 0 Å². The SMILES string of the molecule is CCCCC(CCC)n1c(N)nc2cc(Cl)ccc21. The molecule has 1 unspecified atom stereocenters. The minimum atomic E-state index is 0.441. The number of benzene rings is 1. The van der Waals surface area contributed by atoms with Gasteiger partial charge in [-0.25, -0.2) is 4.98 Å². The maximum absolute atomic E-state index is 6.12. The van der Waals surface area contributed by atoms with Crippen molar-refractivity contribution < 1.29 is 0 Å². The number of unbranched alkanes of at least 4 members (excludes halogenated alkanes) is 1. The smallest absolute Gasteiger partial charge is 0.201 e. The number of hydrogen-bond donors (Lipinski definition) is 1. The van der Waals surface area contributed by atoms with E-state index in [1.54, 1.807) is 0 Å². The molecule has 1 atom stereocenters. The Balaban J connectivity index is 2.42. The molecule has 104 valence electrons. The maximum atomic E-state index is 6.12. The third-order valence-electron chi connectivity index (χ3n) is 3.56. The van der Waals surface area contributed by atoms with Crippen LogP contribution in [0.5, 0.6) is 0 Å². The van der Waals surface area contributed by atoms with Crippen molar-refractivity contribution in [3.63, 3.8) is 0 Å². The number of imidazole rings is 1. The van der Waals surface area contributed by atoms with Crippen LogP contribution in [0.2, 0.25) is 5.02 Å². The van der Waals surface area contributed by atoms with Crippen LogP contribution in [-0.2, 0) is 0 Å². The second-order valence-corrected chi connectivity index (χ2v) is 5.49. The monoisotopic (exact) mass is 279 g/mol. The topological polar surface area (TPSA) is 43.8 Å². The van der Waals surface area contributed by atoms with Crippen LogP contribution in [0.15, 0.2) is 18.2 Å². The lowest BCUT2D eigenvalue weighted by Gasteiger charge is -2.20. The molecule has 4 heteroatoms. The summed E-state index contributed by atoms with van der Waals surface area (Å²) in [5.74, 6) is 0.604. The Hall–Kier alpha value is -1.22. The first-order valence-electron chi connectivity index (χ1n) is 7.10. The molecule has 0 spiro atoms. The summed E-state index contributed by atoms with van der Waals surface area (Å²) in [5.41, 5.74) is 8.10. The number of nitrogen functional groups attached to an aromatic ring is 1. The Morgan fingerprint density at radius 2 is 2.05 bits per heavy atom. The molecule has 2 rings (SSSR count). The lowest BCUT2D eigenvalue weighted by Crippen LogP contribution is -2.12. The second kappa shape index (κ2) is 6.29. The van der Waals surface area contributed by atoms with Crippen LogP contribution in [0.3, 0.4) is 0 Å². The fraction of sp³-hybridized carbons (Fsp3) is 0.533.